The molecule has 0 saturated heterocycles. The van der Waals surface area contributed by atoms with Crippen molar-refractivity contribution in [2.24, 2.45) is 0 Å². The van der Waals surface area contributed by atoms with Gasteiger partial charge in [-0.05, 0) is 43.5 Å². The van der Waals surface area contributed by atoms with Crippen molar-refractivity contribution in [3.8, 4) is 0 Å². The van der Waals surface area contributed by atoms with Gasteiger partial charge in [0.2, 0.25) is 0 Å². The summed E-state index contributed by atoms with van der Waals surface area (Å²) in [5.41, 5.74) is 2.67. The molecule has 1 rings (SSSR count). The first kappa shape index (κ1) is 15.9. The van der Waals surface area contributed by atoms with Crippen LogP contribution in [0.4, 0.5) is 5.69 Å². The van der Waals surface area contributed by atoms with Crippen LogP contribution in [0.2, 0.25) is 0 Å². The third kappa shape index (κ3) is 4.18. The van der Waals surface area contributed by atoms with E-state index in [1.807, 2.05) is 18.8 Å². The quantitative estimate of drug-likeness (QED) is 0.819. The lowest BCUT2D eigenvalue weighted by Gasteiger charge is -2.30. The van der Waals surface area contributed by atoms with Crippen molar-refractivity contribution in [3.63, 3.8) is 0 Å². The predicted octanol–water partition coefficient (Wildman–Crippen LogP) is 3.75. The fraction of sp³-hybridized carbons (Fsp3) is 0.571. The molecule has 1 aromatic rings. The molecule has 1 atom stereocenters. The minimum absolute atomic E-state index is 0.594. The first-order valence-corrected chi connectivity index (χ1v) is 8.47. The second kappa shape index (κ2) is 8.08. The van der Waals surface area contributed by atoms with E-state index in [0.29, 0.717) is 6.04 Å². The molecule has 0 radical (unpaired) electrons. The van der Waals surface area contributed by atoms with Gasteiger partial charge in [0.05, 0.1) is 0 Å². The molecule has 1 N–H and O–H groups in total. The van der Waals surface area contributed by atoms with Gasteiger partial charge in [0.15, 0.2) is 0 Å². The van der Waals surface area contributed by atoms with Gasteiger partial charge in [0, 0.05) is 35.5 Å². The number of nitrogens with one attached hydrogen (secondary N) is 1. The van der Waals surface area contributed by atoms with Crippen LogP contribution in [-0.4, -0.2) is 32.1 Å². The molecule has 0 aliphatic carbocycles. The Morgan fingerprint density at radius 1 is 1.44 bits per heavy atom. The third-order valence-corrected chi connectivity index (χ3v) is 4.38. The fourth-order valence-electron chi connectivity index (χ4n) is 2.12. The largest absolute Gasteiger partial charge is 0.371 e. The molecule has 2 nitrogen and oxygen atoms in total. The average molecular weight is 331 g/mol. The molecule has 0 aliphatic rings. The van der Waals surface area contributed by atoms with Crippen molar-refractivity contribution in [2.45, 2.75) is 25.9 Å². The SMILES string of the molecule is CCC(CSC)N(C)c1ccc(Br)cc1CNC. The van der Waals surface area contributed by atoms with Crippen LogP contribution in [0.1, 0.15) is 18.9 Å². The summed E-state index contributed by atoms with van der Waals surface area (Å²) in [6.07, 6.45) is 3.35. The molecule has 102 valence electrons. The van der Waals surface area contributed by atoms with Crippen molar-refractivity contribution < 1.29 is 0 Å². The standard InChI is InChI=1S/C14H23BrN2S/c1-5-13(10-18-4)17(3)14-7-6-12(15)8-11(14)9-16-2/h6-8,13,16H,5,9-10H2,1-4H3. The third-order valence-electron chi connectivity index (χ3n) is 3.17. The van der Waals surface area contributed by atoms with Gasteiger partial charge in [-0.25, -0.2) is 0 Å². The molecular weight excluding hydrogens is 308 g/mol. The Bertz CT molecular complexity index is 371. The Morgan fingerprint density at radius 2 is 2.17 bits per heavy atom. The molecule has 18 heavy (non-hydrogen) atoms. The van der Waals surface area contributed by atoms with E-state index in [9.17, 15) is 0 Å². The van der Waals surface area contributed by atoms with Crippen LogP contribution in [0.25, 0.3) is 0 Å². The van der Waals surface area contributed by atoms with E-state index in [-0.39, 0.29) is 0 Å². The number of halogens is 1. The van der Waals surface area contributed by atoms with Crippen LogP contribution >= 0.6 is 27.7 Å². The zero-order chi connectivity index (χ0) is 13.5. The number of nitrogens with zero attached hydrogens (tertiary/aromatic N) is 1. The van der Waals surface area contributed by atoms with E-state index >= 15 is 0 Å². The van der Waals surface area contributed by atoms with Gasteiger partial charge in [-0.2, -0.15) is 11.8 Å². The molecule has 1 unspecified atom stereocenters. The van der Waals surface area contributed by atoms with Crippen LogP contribution in [0.15, 0.2) is 22.7 Å². The highest BCUT2D eigenvalue weighted by Gasteiger charge is 2.15. The molecule has 0 aliphatic heterocycles. The maximum atomic E-state index is 3.55. The first-order valence-electron chi connectivity index (χ1n) is 6.28. The van der Waals surface area contributed by atoms with Gasteiger partial charge in [-0.1, -0.05) is 22.9 Å². The van der Waals surface area contributed by atoms with E-state index in [0.717, 1.165) is 11.0 Å². The molecule has 0 saturated carbocycles. The summed E-state index contributed by atoms with van der Waals surface area (Å²) >= 11 is 5.46. The molecule has 1 aromatic carbocycles. The van der Waals surface area contributed by atoms with Crippen molar-refractivity contribution in [1.29, 1.82) is 0 Å². The predicted molar refractivity (Wildman–Crippen MR) is 87.8 cm³/mol. The van der Waals surface area contributed by atoms with Crippen LogP contribution < -0.4 is 10.2 Å². The summed E-state index contributed by atoms with van der Waals surface area (Å²) in [6.45, 7) is 3.16. The van der Waals surface area contributed by atoms with Crippen LogP contribution in [0.5, 0.6) is 0 Å². The van der Waals surface area contributed by atoms with Crippen molar-refractivity contribution in [2.75, 3.05) is 31.0 Å². The van der Waals surface area contributed by atoms with Gasteiger partial charge >= 0.3 is 0 Å². The molecule has 0 amide bonds. The van der Waals surface area contributed by atoms with Gasteiger partial charge in [-0.15, -0.1) is 0 Å². The Morgan fingerprint density at radius 3 is 2.72 bits per heavy atom. The van der Waals surface area contributed by atoms with Crippen LogP contribution in [0.3, 0.4) is 0 Å². The smallest absolute Gasteiger partial charge is 0.0412 e. The van der Waals surface area contributed by atoms with E-state index in [2.05, 4.69) is 64.6 Å². The van der Waals surface area contributed by atoms with Crippen LogP contribution in [0, 0.1) is 0 Å². The van der Waals surface area contributed by atoms with Crippen molar-refractivity contribution in [1.82, 2.24) is 5.32 Å². The summed E-state index contributed by atoms with van der Waals surface area (Å²) in [4.78, 5) is 2.41. The zero-order valence-electron chi connectivity index (χ0n) is 11.7. The Kier molecular flexibility index (Phi) is 7.12. The summed E-state index contributed by atoms with van der Waals surface area (Å²) in [7, 11) is 4.19. The van der Waals surface area contributed by atoms with E-state index in [1.54, 1.807) is 0 Å². The number of thioether (sulfide) groups is 1. The highest BCUT2D eigenvalue weighted by Crippen LogP contribution is 2.26. The lowest BCUT2D eigenvalue weighted by molar-refractivity contribution is 0.667. The van der Waals surface area contributed by atoms with Gasteiger partial charge in [0.1, 0.15) is 0 Å². The van der Waals surface area contributed by atoms with E-state index < -0.39 is 0 Å². The molecule has 0 spiro atoms. The highest BCUT2D eigenvalue weighted by molar-refractivity contribution is 9.10. The minimum Gasteiger partial charge on any atom is -0.371 e. The summed E-state index contributed by atoms with van der Waals surface area (Å²) in [5, 5.41) is 3.24. The average Bonchev–Trinajstić information content (AvgIpc) is 2.36. The molecule has 0 bridgehead atoms. The Balaban J connectivity index is 2.98. The maximum absolute atomic E-state index is 3.55. The van der Waals surface area contributed by atoms with Gasteiger partial charge in [-0.3, -0.25) is 0 Å². The van der Waals surface area contributed by atoms with Crippen molar-refractivity contribution >= 4 is 33.4 Å². The topological polar surface area (TPSA) is 15.3 Å². The van der Waals surface area contributed by atoms with E-state index in [1.165, 1.54) is 23.4 Å². The monoisotopic (exact) mass is 330 g/mol. The number of anilines is 1. The zero-order valence-corrected chi connectivity index (χ0v) is 14.1. The molecule has 0 fully saturated rings. The molecular formula is C14H23BrN2S. The summed E-state index contributed by atoms with van der Waals surface area (Å²) in [6, 6.07) is 7.13. The number of benzene rings is 1. The lowest BCUT2D eigenvalue weighted by atomic mass is 10.1. The second-order valence-electron chi connectivity index (χ2n) is 4.43. The number of rotatable bonds is 7. The lowest BCUT2D eigenvalue weighted by Crippen LogP contribution is -2.34. The molecule has 0 heterocycles. The Hall–Kier alpha value is -0.190. The highest BCUT2D eigenvalue weighted by atomic mass is 79.9. The summed E-state index contributed by atoms with van der Waals surface area (Å²) in [5.74, 6) is 1.17. The molecule has 0 aromatic heterocycles. The molecule has 4 heteroatoms. The normalized spacial score (nSPS) is 12.5. The van der Waals surface area contributed by atoms with Crippen molar-refractivity contribution in [3.05, 3.63) is 28.2 Å². The van der Waals surface area contributed by atoms with E-state index in [4.69, 9.17) is 0 Å². The Labute approximate surface area is 124 Å². The summed E-state index contributed by atoms with van der Waals surface area (Å²) < 4.78 is 1.14. The minimum atomic E-state index is 0.594. The number of hydrogen-bond acceptors (Lipinski definition) is 3. The fourth-order valence-corrected chi connectivity index (χ4v) is 3.38. The van der Waals surface area contributed by atoms with Gasteiger partial charge in [0.25, 0.3) is 0 Å². The second-order valence-corrected chi connectivity index (χ2v) is 6.26. The maximum Gasteiger partial charge on any atom is 0.0412 e. The number of hydrogen-bond donors (Lipinski definition) is 1. The van der Waals surface area contributed by atoms with Crippen LogP contribution in [-0.2, 0) is 6.54 Å². The van der Waals surface area contributed by atoms with Gasteiger partial charge < -0.3 is 10.2 Å². The first-order chi connectivity index (χ1) is 8.63.